The van der Waals surface area contributed by atoms with Gasteiger partial charge in [-0.2, -0.15) is 4.98 Å². The third-order valence-electron chi connectivity index (χ3n) is 2.39. The molecule has 0 spiro atoms. The van der Waals surface area contributed by atoms with Crippen LogP contribution in [0.2, 0.25) is 5.28 Å². The second-order valence-electron chi connectivity index (χ2n) is 3.64. The van der Waals surface area contributed by atoms with E-state index in [-0.39, 0.29) is 5.28 Å². The maximum atomic E-state index is 5.82. The third kappa shape index (κ3) is 2.53. The first-order chi connectivity index (χ1) is 9.33. The summed E-state index contributed by atoms with van der Waals surface area (Å²) in [6.45, 7) is 0. The van der Waals surface area contributed by atoms with Crippen molar-refractivity contribution in [3.8, 4) is 11.5 Å². The molecular formula is C12H8ClN5O. The molecule has 3 rings (SSSR count). The molecule has 1 aromatic carbocycles. The molecule has 7 heteroatoms. The first-order valence-electron chi connectivity index (χ1n) is 5.44. The highest BCUT2D eigenvalue weighted by atomic mass is 35.5. The van der Waals surface area contributed by atoms with Gasteiger partial charge < -0.3 is 9.73 Å². The van der Waals surface area contributed by atoms with Crippen molar-refractivity contribution in [2.75, 3.05) is 5.32 Å². The Labute approximate surface area is 113 Å². The smallest absolute Gasteiger partial charge is 0.252 e. The Morgan fingerprint density at radius 3 is 2.74 bits per heavy atom. The van der Waals surface area contributed by atoms with Crippen LogP contribution >= 0.6 is 11.6 Å². The van der Waals surface area contributed by atoms with Crippen molar-refractivity contribution >= 4 is 23.1 Å². The number of halogens is 1. The number of benzene rings is 1. The average molecular weight is 274 g/mol. The molecule has 1 N–H and O–H groups in total. The van der Waals surface area contributed by atoms with Crippen LogP contribution in [0.1, 0.15) is 0 Å². The molecular weight excluding hydrogens is 266 g/mol. The Morgan fingerprint density at radius 1 is 1.16 bits per heavy atom. The van der Waals surface area contributed by atoms with E-state index in [0.717, 1.165) is 5.69 Å². The highest BCUT2D eigenvalue weighted by Crippen LogP contribution is 2.27. The maximum Gasteiger partial charge on any atom is 0.252 e. The van der Waals surface area contributed by atoms with Crippen molar-refractivity contribution in [3.05, 3.63) is 48.2 Å². The molecule has 0 unspecified atom stereocenters. The molecule has 94 valence electrons. The summed E-state index contributed by atoms with van der Waals surface area (Å²) in [5.41, 5.74) is 1.46. The van der Waals surface area contributed by atoms with Gasteiger partial charge in [0.15, 0.2) is 0 Å². The van der Waals surface area contributed by atoms with E-state index in [1.807, 2.05) is 30.3 Å². The Balaban J connectivity index is 2.02. The predicted molar refractivity (Wildman–Crippen MR) is 70.1 cm³/mol. The minimum atomic E-state index is 0.140. The van der Waals surface area contributed by atoms with Crippen molar-refractivity contribution in [1.29, 1.82) is 0 Å². The zero-order chi connectivity index (χ0) is 13.1. The lowest BCUT2D eigenvalue weighted by molar-refractivity contribution is 0.568. The van der Waals surface area contributed by atoms with Crippen LogP contribution in [0.4, 0.5) is 11.5 Å². The van der Waals surface area contributed by atoms with Gasteiger partial charge in [0.2, 0.25) is 11.7 Å². The van der Waals surface area contributed by atoms with Gasteiger partial charge in [-0.1, -0.05) is 18.2 Å². The fourth-order valence-corrected chi connectivity index (χ4v) is 1.69. The predicted octanol–water partition coefficient (Wildman–Crippen LogP) is 2.92. The maximum absolute atomic E-state index is 5.82. The standard InChI is InChI=1S/C12H8ClN5O/c13-12-14-6-9(11-18-15-7-19-11)10(17-12)16-8-4-2-1-3-5-8/h1-7H,(H,14,16,17). The summed E-state index contributed by atoms with van der Waals surface area (Å²) in [7, 11) is 0. The second kappa shape index (κ2) is 5.03. The number of para-hydroxylation sites is 1. The first kappa shape index (κ1) is 11.6. The lowest BCUT2D eigenvalue weighted by Gasteiger charge is -2.08. The van der Waals surface area contributed by atoms with Gasteiger partial charge in [0.25, 0.3) is 5.89 Å². The zero-order valence-corrected chi connectivity index (χ0v) is 10.4. The van der Waals surface area contributed by atoms with Gasteiger partial charge in [-0.05, 0) is 23.7 Å². The van der Waals surface area contributed by atoms with E-state index in [4.69, 9.17) is 16.0 Å². The molecule has 0 saturated carbocycles. The molecule has 2 heterocycles. The molecule has 0 saturated heterocycles. The minimum absolute atomic E-state index is 0.140. The SMILES string of the molecule is Clc1ncc(-c2nnco2)c(Nc2ccccc2)n1. The van der Waals surface area contributed by atoms with E-state index in [9.17, 15) is 0 Å². The quantitative estimate of drug-likeness (QED) is 0.739. The van der Waals surface area contributed by atoms with E-state index in [2.05, 4.69) is 25.5 Å². The van der Waals surface area contributed by atoms with E-state index in [0.29, 0.717) is 17.3 Å². The fraction of sp³-hybridized carbons (Fsp3) is 0. The summed E-state index contributed by atoms with van der Waals surface area (Å²) >= 11 is 5.82. The molecule has 0 fully saturated rings. The monoisotopic (exact) mass is 273 g/mol. The van der Waals surface area contributed by atoms with E-state index in [1.54, 1.807) is 0 Å². The topological polar surface area (TPSA) is 76.7 Å². The van der Waals surface area contributed by atoms with E-state index >= 15 is 0 Å². The molecule has 19 heavy (non-hydrogen) atoms. The lowest BCUT2D eigenvalue weighted by Crippen LogP contribution is -1.98. The number of rotatable bonds is 3. The number of anilines is 2. The summed E-state index contributed by atoms with van der Waals surface area (Å²) in [5, 5.41) is 10.8. The highest BCUT2D eigenvalue weighted by Gasteiger charge is 2.13. The largest absolute Gasteiger partial charge is 0.423 e. The number of hydrogen-bond acceptors (Lipinski definition) is 6. The number of hydrogen-bond donors (Lipinski definition) is 1. The van der Waals surface area contributed by atoms with Gasteiger partial charge in [-0.3, -0.25) is 0 Å². The molecule has 3 aromatic rings. The molecule has 2 aromatic heterocycles. The van der Waals surface area contributed by atoms with Crippen molar-refractivity contribution < 1.29 is 4.42 Å². The molecule has 0 aliphatic carbocycles. The van der Waals surface area contributed by atoms with Crippen LogP contribution in [-0.2, 0) is 0 Å². The fourth-order valence-electron chi connectivity index (χ4n) is 1.56. The summed E-state index contributed by atoms with van der Waals surface area (Å²) < 4.78 is 5.15. The number of nitrogens with zero attached hydrogens (tertiary/aromatic N) is 4. The molecule has 0 aliphatic rings. The Kier molecular flexibility index (Phi) is 3.07. The first-order valence-corrected chi connectivity index (χ1v) is 5.82. The third-order valence-corrected chi connectivity index (χ3v) is 2.57. The highest BCUT2D eigenvalue weighted by molar-refractivity contribution is 6.28. The average Bonchev–Trinajstić information content (AvgIpc) is 2.94. The van der Waals surface area contributed by atoms with Gasteiger partial charge >= 0.3 is 0 Å². The van der Waals surface area contributed by atoms with Crippen LogP contribution in [0.15, 0.2) is 47.3 Å². The summed E-state index contributed by atoms with van der Waals surface area (Å²) in [4.78, 5) is 8.06. The van der Waals surface area contributed by atoms with Crippen LogP contribution in [-0.4, -0.2) is 20.2 Å². The molecule has 0 bridgehead atoms. The Bertz CT molecular complexity index is 672. The minimum Gasteiger partial charge on any atom is -0.423 e. The Morgan fingerprint density at radius 2 is 2.00 bits per heavy atom. The van der Waals surface area contributed by atoms with Gasteiger partial charge in [0, 0.05) is 11.9 Å². The van der Waals surface area contributed by atoms with Gasteiger partial charge in [0.05, 0.1) is 5.56 Å². The van der Waals surface area contributed by atoms with E-state index in [1.165, 1.54) is 12.6 Å². The molecule has 0 aliphatic heterocycles. The van der Waals surface area contributed by atoms with Crippen molar-refractivity contribution in [2.45, 2.75) is 0 Å². The van der Waals surface area contributed by atoms with Gasteiger partial charge in [0.1, 0.15) is 5.82 Å². The summed E-state index contributed by atoms with van der Waals surface area (Å²) in [6.07, 6.45) is 2.78. The van der Waals surface area contributed by atoms with Crippen molar-refractivity contribution in [3.63, 3.8) is 0 Å². The summed E-state index contributed by atoms with van der Waals surface area (Å²) in [5.74, 6) is 0.838. The zero-order valence-electron chi connectivity index (χ0n) is 9.62. The second-order valence-corrected chi connectivity index (χ2v) is 3.97. The normalized spacial score (nSPS) is 10.4. The molecule has 6 nitrogen and oxygen atoms in total. The lowest BCUT2D eigenvalue weighted by atomic mass is 10.2. The molecule has 0 atom stereocenters. The van der Waals surface area contributed by atoms with Crippen molar-refractivity contribution in [1.82, 2.24) is 20.2 Å². The van der Waals surface area contributed by atoms with Gasteiger partial charge in [-0.25, -0.2) is 4.98 Å². The van der Waals surface area contributed by atoms with Crippen LogP contribution in [0, 0.1) is 0 Å². The van der Waals surface area contributed by atoms with E-state index < -0.39 is 0 Å². The number of nitrogens with one attached hydrogen (secondary N) is 1. The molecule has 0 amide bonds. The van der Waals surface area contributed by atoms with Crippen LogP contribution in [0.25, 0.3) is 11.5 Å². The van der Waals surface area contributed by atoms with Crippen LogP contribution in [0.5, 0.6) is 0 Å². The Hall–Kier alpha value is -2.47. The summed E-state index contributed by atoms with van der Waals surface area (Å²) in [6, 6.07) is 9.58. The molecule has 0 radical (unpaired) electrons. The van der Waals surface area contributed by atoms with Gasteiger partial charge in [-0.15, -0.1) is 10.2 Å². The number of aromatic nitrogens is 4. The van der Waals surface area contributed by atoms with Crippen LogP contribution < -0.4 is 5.32 Å². The van der Waals surface area contributed by atoms with Crippen LogP contribution in [0.3, 0.4) is 0 Å². The van der Waals surface area contributed by atoms with Crippen molar-refractivity contribution in [2.24, 2.45) is 0 Å².